The minimum atomic E-state index is -3.92. The normalized spacial score (nSPS) is 18.3. The maximum Gasteiger partial charge on any atom is 0.238 e. The molecular formula is C21H24F2N2O3S. The van der Waals surface area contributed by atoms with Gasteiger partial charge in [-0.2, -0.15) is 0 Å². The number of nitrogens with one attached hydrogen (secondary N) is 1. The van der Waals surface area contributed by atoms with Crippen molar-refractivity contribution in [2.24, 2.45) is 0 Å². The van der Waals surface area contributed by atoms with Crippen LogP contribution in [0.15, 0.2) is 47.4 Å². The number of hydrogen-bond donors (Lipinski definition) is 1. The van der Waals surface area contributed by atoms with Crippen molar-refractivity contribution in [3.8, 4) is 0 Å². The molecule has 2 aromatic carbocycles. The summed E-state index contributed by atoms with van der Waals surface area (Å²) in [4.78, 5) is 14.6. The number of nitrogens with zero attached hydrogens (tertiary/aromatic N) is 1. The van der Waals surface area contributed by atoms with Crippen molar-refractivity contribution in [1.82, 2.24) is 5.32 Å². The lowest BCUT2D eigenvalue weighted by Crippen LogP contribution is -2.51. The summed E-state index contributed by atoms with van der Waals surface area (Å²) >= 11 is 0. The van der Waals surface area contributed by atoms with Gasteiger partial charge < -0.3 is 10.2 Å². The maximum atomic E-state index is 13.4. The average molecular weight is 422 g/mol. The first-order valence-corrected chi connectivity index (χ1v) is 11.0. The lowest BCUT2D eigenvalue weighted by molar-refractivity contribution is -0.121. The highest BCUT2D eigenvalue weighted by Gasteiger charge is 2.32. The maximum absolute atomic E-state index is 13.4. The number of aryl methyl sites for hydroxylation is 1. The van der Waals surface area contributed by atoms with E-state index < -0.39 is 26.8 Å². The molecule has 2 unspecified atom stereocenters. The Bertz CT molecular complexity index is 993. The van der Waals surface area contributed by atoms with Gasteiger partial charge in [0, 0.05) is 24.8 Å². The second kappa shape index (κ2) is 8.49. The van der Waals surface area contributed by atoms with E-state index >= 15 is 0 Å². The Kier molecular flexibility index (Phi) is 6.21. The van der Waals surface area contributed by atoms with Crippen LogP contribution in [0.5, 0.6) is 0 Å². The molecule has 1 fully saturated rings. The van der Waals surface area contributed by atoms with Crippen LogP contribution in [0.3, 0.4) is 0 Å². The topological polar surface area (TPSA) is 66.5 Å². The smallest absolute Gasteiger partial charge is 0.238 e. The van der Waals surface area contributed by atoms with Gasteiger partial charge in [0.05, 0.1) is 4.90 Å². The van der Waals surface area contributed by atoms with Gasteiger partial charge in [-0.15, -0.1) is 0 Å². The average Bonchev–Trinajstić information content (AvgIpc) is 2.68. The zero-order chi connectivity index (χ0) is 21.2. The Morgan fingerprint density at radius 2 is 1.79 bits per heavy atom. The second-order valence-electron chi connectivity index (χ2n) is 7.37. The lowest BCUT2D eigenvalue weighted by Gasteiger charge is -2.36. The van der Waals surface area contributed by atoms with E-state index in [4.69, 9.17) is 0 Å². The van der Waals surface area contributed by atoms with Gasteiger partial charge in [-0.25, -0.2) is 17.2 Å². The molecule has 1 saturated heterocycles. The molecule has 2 atom stereocenters. The largest absolute Gasteiger partial charge is 0.369 e. The van der Waals surface area contributed by atoms with Gasteiger partial charge in [-0.1, -0.05) is 0 Å². The number of benzene rings is 2. The van der Waals surface area contributed by atoms with Crippen LogP contribution in [0.1, 0.15) is 25.3 Å². The lowest BCUT2D eigenvalue weighted by atomic mass is 10.0. The fraction of sp³-hybridized carbons (Fsp3) is 0.381. The van der Waals surface area contributed by atoms with Crippen LogP contribution in [-0.2, 0) is 14.6 Å². The number of halogens is 2. The Hall–Kier alpha value is -2.48. The third-order valence-electron chi connectivity index (χ3n) is 5.24. The molecule has 1 aliphatic rings. The summed E-state index contributed by atoms with van der Waals surface area (Å²) in [5, 5.41) is 1.53. The molecule has 0 aromatic heterocycles. The minimum absolute atomic E-state index is 0.0891. The van der Waals surface area contributed by atoms with Crippen molar-refractivity contribution in [2.45, 2.75) is 42.9 Å². The van der Waals surface area contributed by atoms with Gasteiger partial charge in [-0.05, 0) is 74.7 Å². The van der Waals surface area contributed by atoms with Crippen molar-refractivity contribution < 1.29 is 22.0 Å². The second-order valence-corrected chi connectivity index (χ2v) is 9.63. The monoisotopic (exact) mass is 422 g/mol. The molecule has 1 N–H and O–H groups in total. The van der Waals surface area contributed by atoms with Crippen LogP contribution >= 0.6 is 0 Å². The van der Waals surface area contributed by atoms with Gasteiger partial charge in [0.25, 0.3) is 0 Å². The number of rotatable bonds is 5. The van der Waals surface area contributed by atoms with E-state index in [1.165, 1.54) is 19.1 Å². The predicted molar refractivity (Wildman–Crippen MR) is 108 cm³/mol. The van der Waals surface area contributed by atoms with Gasteiger partial charge >= 0.3 is 0 Å². The molecule has 0 saturated carbocycles. The van der Waals surface area contributed by atoms with Crippen LogP contribution in [0.4, 0.5) is 14.5 Å². The predicted octanol–water partition coefficient (Wildman–Crippen LogP) is 3.22. The zero-order valence-electron chi connectivity index (χ0n) is 16.4. The van der Waals surface area contributed by atoms with Crippen LogP contribution in [0.25, 0.3) is 0 Å². The van der Waals surface area contributed by atoms with E-state index in [1.807, 2.05) is 6.92 Å². The molecule has 1 amide bonds. The molecule has 0 aliphatic carbocycles. The van der Waals surface area contributed by atoms with Gasteiger partial charge in [0.15, 0.2) is 9.84 Å². The Morgan fingerprint density at radius 3 is 2.45 bits per heavy atom. The van der Waals surface area contributed by atoms with E-state index in [0.717, 1.165) is 54.9 Å². The first-order valence-electron chi connectivity index (χ1n) is 9.49. The summed E-state index contributed by atoms with van der Waals surface area (Å²) < 4.78 is 51.8. The van der Waals surface area contributed by atoms with Gasteiger partial charge in [0.2, 0.25) is 5.91 Å². The summed E-state index contributed by atoms with van der Waals surface area (Å²) in [5.74, 6) is -1.43. The summed E-state index contributed by atoms with van der Waals surface area (Å²) in [7, 11) is -3.92. The van der Waals surface area contributed by atoms with Gasteiger partial charge in [0.1, 0.15) is 16.9 Å². The van der Waals surface area contributed by atoms with Crippen LogP contribution in [-0.4, -0.2) is 38.7 Å². The standard InChI is InChI=1S/C21H24F2N2O3S/c1-14-12-17(23)7-10-20(14)25-11-3-4-18(13-25)24-21(26)15(2)29(27,28)19-8-5-16(22)6-9-19/h5-10,12,15,18H,3-4,11,13H2,1-2H3,(H,24,26). The fourth-order valence-corrected chi connectivity index (χ4v) is 4.85. The van der Waals surface area contributed by atoms with Crippen molar-refractivity contribution in [3.05, 3.63) is 59.7 Å². The van der Waals surface area contributed by atoms with E-state index in [2.05, 4.69) is 10.2 Å². The first-order chi connectivity index (χ1) is 13.7. The molecule has 2 aromatic rings. The summed E-state index contributed by atoms with van der Waals surface area (Å²) in [6.45, 7) is 4.46. The number of anilines is 1. The SMILES string of the molecule is Cc1cc(F)ccc1N1CCCC(NC(=O)C(C)S(=O)(=O)c2ccc(F)cc2)C1. The zero-order valence-corrected chi connectivity index (χ0v) is 17.2. The number of amides is 1. The molecule has 3 rings (SSSR count). The number of sulfone groups is 1. The summed E-state index contributed by atoms with van der Waals surface area (Å²) in [6.07, 6.45) is 1.55. The minimum Gasteiger partial charge on any atom is -0.369 e. The molecular weight excluding hydrogens is 398 g/mol. The molecule has 0 radical (unpaired) electrons. The molecule has 1 heterocycles. The third kappa shape index (κ3) is 4.75. The summed E-state index contributed by atoms with van der Waals surface area (Å²) in [5.41, 5.74) is 1.71. The first kappa shape index (κ1) is 21.2. The molecule has 0 bridgehead atoms. The molecule has 29 heavy (non-hydrogen) atoms. The molecule has 0 spiro atoms. The van der Waals surface area contributed by atoms with E-state index in [9.17, 15) is 22.0 Å². The quantitative estimate of drug-likeness (QED) is 0.752. The molecule has 5 nitrogen and oxygen atoms in total. The number of carbonyl (C=O) groups excluding carboxylic acids is 1. The van der Waals surface area contributed by atoms with Gasteiger partial charge in [-0.3, -0.25) is 4.79 Å². The summed E-state index contributed by atoms with van der Waals surface area (Å²) in [6, 6.07) is 8.81. The van der Waals surface area contributed by atoms with Crippen molar-refractivity contribution >= 4 is 21.4 Å². The molecule has 8 heteroatoms. The third-order valence-corrected chi connectivity index (χ3v) is 7.32. The van der Waals surface area contributed by atoms with E-state index in [1.54, 1.807) is 6.07 Å². The van der Waals surface area contributed by atoms with Crippen LogP contribution < -0.4 is 10.2 Å². The van der Waals surface area contributed by atoms with Crippen LogP contribution in [0, 0.1) is 18.6 Å². The van der Waals surface area contributed by atoms with Crippen molar-refractivity contribution in [1.29, 1.82) is 0 Å². The highest BCUT2D eigenvalue weighted by atomic mass is 32.2. The van der Waals surface area contributed by atoms with Crippen LogP contribution in [0.2, 0.25) is 0 Å². The molecule has 156 valence electrons. The number of carbonyl (C=O) groups is 1. The number of piperidine rings is 1. The highest BCUT2D eigenvalue weighted by Crippen LogP contribution is 2.25. The Balaban J connectivity index is 1.68. The van der Waals surface area contributed by atoms with Crippen molar-refractivity contribution in [2.75, 3.05) is 18.0 Å². The highest BCUT2D eigenvalue weighted by molar-refractivity contribution is 7.92. The Labute approximate surface area is 169 Å². The van der Waals surface area contributed by atoms with Crippen molar-refractivity contribution in [3.63, 3.8) is 0 Å². The fourth-order valence-electron chi connectivity index (χ4n) is 3.58. The number of hydrogen-bond acceptors (Lipinski definition) is 4. The Morgan fingerprint density at radius 1 is 1.14 bits per heavy atom. The van der Waals surface area contributed by atoms with E-state index in [0.29, 0.717) is 6.54 Å². The van der Waals surface area contributed by atoms with E-state index in [-0.39, 0.29) is 16.8 Å². The molecule has 1 aliphatic heterocycles.